The predicted octanol–water partition coefficient (Wildman–Crippen LogP) is 3.64. The zero-order valence-electron chi connectivity index (χ0n) is 8.20. The summed E-state index contributed by atoms with van der Waals surface area (Å²) in [6, 6.07) is 8.28. The molecule has 0 aliphatic rings. The largest absolute Gasteiger partial charge is 0.396 e. The van der Waals surface area contributed by atoms with Gasteiger partial charge in [-0.05, 0) is 18.2 Å². The number of rotatable bonds is 1. The van der Waals surface area contributed by atoms with Crippen LogP contribution in [0.4, 0.5) is 5.69 Å². The molecule has 0 unspecified atom stereocenters. The quantitative estimate of drug-likeness (QED) is 0.720. The highest BCUT2D eigenvalue weighted by Crippen LogP contribution is 2.37. The first kappa shape index (κ1) is 9.86. The molecule has 3 N–H and O–H groups in total. The average molecular weight is 294 g/mol. The molecule has 0 fully saturated rings. The highest BCUT2D eigenvalue weighted by atomic mass is 79.9. The standard InChI is InChI=1S/C11H8BrN3S/c12-7-2-1-3-9-6(7)4-10(16-9)11-8(13)5-14-15-11/h1-5H,13H2,(H,14,15). The van der Waals surface area contributed by atoms with E-state index in [9.17, 15) is 0 Å². The molecule has 0 saturated carbocycles. The van der Waals surface area contributed by atoms with Gasteiger partial charge in [0.15, 0.2) is 0 Å². The Hall–Kier alpha value is -1.33. The number of aromatic amines is 1. The van der Waals surface area contributed by atoms with Gasteiger partial charge in [-0.25, -0.2) is 0 Å². The molecule has 0 aliphatic carbocycles. The molecular formula is C11H8BrN3S. The molecule has 0 spiro atoms. The molecule has 3 aromatic rings. The van der Waals surface area contributed by atoms with Crippen molar-refractivity contribution in [3.05, 3.63) is 34.9 Å². The maximum atomic E-state index is 5.83. The van der Waals surface area contributed by atoms with Crippen molar-refractivity contribution in [3.8, 4) is 10.6 Å². The van der Waals surface area contributed by atoms with Gasteiger partial charge in [0.2, 0.25) is 0 Å². The number of anilines is 1. The van der Waals surface area contributed by atoms with Gasteiger partial charge in [0.1, 0.15) is 0 Å². The number of aromatic nitrogens is 2. The van der Waals surface area contributed by atoms with Crippen LogP contribution in [-0.4, -0.2) is 10.2 Å². The van der Waals surface area contributed by atoms with Gasteiger partial charge >= 0.3 is 0 Å². The number of nitrogens with zero attached hydrogens (tertiary/aromatic N) is 1. The van der Waals surface area contributed by atoms with Crippen molar-refractivity contribution in [2.75, 3.05) is 5.73 Å². The molecule has 80 valence electrons. The van der Waals surface area contributed by atoms with Gasteiger partial charge in [0.05, 0.1) is 22.5 Å². The Morgan fingerprint density at radius 2 is 2.25 bits per heavy atom. The Morgan fingerprint density at radius 3 is 2.94 bits per heavy atom. The Kier molecular flexibility index (Phi) is 2.22. The van der Waals surface area contributed by atoms with Crippen LogP contribution < -0.4 is 5.73 Å². The number of hydrogen-bond donors (Lipinski definition) is 2. The summed E-state index contributed by atoms with van der Waals surface area (Å²) < 4.78 is 2.34. The van der Waals surface area contributed by atoms with Gasteiger partial charge in [-0.3, -0.25) is 5.10 Å². The maximum Gasteiger partial charge on any atom is 0.0980 e. The Morgan fingerprint density at radius 1 is 1.38 bits per heavy atom. The third kappa shape index (κ3) is 1.44. The Labute approximate surface area is 104 Å². The first-order chi connectivity index (χ1) is 7.75. The van der Waals surface area contributed by atoms with E-state index >= 15 is 0 Å². The lowest BCUT2D eigenvalue weighted by Crippen LogP contribution is -1.83. The fourth-order valence-electron chi connectivity index (χ4n) is 1.64. The van der Waals surface area contributed by atoms with Crippen LogP contribution in [0, 0.1) is 0 Å². The molecule has 16 heavy (non-hydrogen) atoms. The minimum Gasteiger partial charge on any atom is -0.396 e. The molecule has 0 saturated heterocycles. The summed E-state index contributed by atoms with van der Waals surface area (Å²) in [4.78, 5) is 1.11. The van der Waals surface area contributed by atoms with Crippen molar-refractivity contribution in [1.29, 1.82) is 0 Å². The van der Waals surface area contributed by atoms with Crippen LogP contribution in [0.5, 0.6) is 0 Å². The van der Waals surface area contributed by atoms with Gasteiger partial charge in [0.25, 0.3) is 0 Å². The number of nitrogens with two attached hydrogens (primary N) is 1. The summed E-state index contributed by atoms with van der Waals surface area (Å²) in [5.41, 5.74) is 7.41. The van der Waals surface area contributed by atoms with Gasteiger partial charge in [-0.1, -0.05) is 22.0 Å². The fourth-order valence-corrected chi connectivity index (χ4v) is 3.36. The summed E-state index contributed by atoms with van der Waals surface area (Å²) in [6.07, 6.45) is 1.63. The number of nitrogen functional groups attached to an aromatic ring is 1. The highest BCUT2D eigenvalue weighted by Gasteiger charge is 2.10. The molecule has 1 aromatic carbocycles. The Balaban J connectivity index is 2.27. The second kappa shape index (κ2) is 3.61. The van der Waals surface area contributed by atoms with Crippen molar-refractivity contribution in [2.45, 2.75) is 0 Å². The Bertz CT molecular complexity index is 656. The topological polar surface area (TPSA) is 54.7 Å². The second-order valence-corrected chi connectivity index (χ2v) is 5.40. The molecule has 0 atom stereocenters. The summed E-state index contributed by atoms with van der Waals surface area (Å²) in [7, 11) is 0. The molecule has 3 nitrogen and oxygen atoms in total. The molecule has 0 aliphatic heterocycles. The summed E-state index contributed by atoms with van der Waals surface area (Å²) in [6.45, 7) is 0. The molecule has 3 rings (SSSR count). The van der Waals surface area contributed by atoms with Crippen molar-refractivity contribution >= 4 is 43.0 Å². The first-order valence-electron chi connectivity index (χ1n) is 4.73. The lowest BCUT2D eigenvalue weighted by molar-refractivity contribution is 1.10. The number of H-pyrrole nitrogens is 1. The second-order valence-electron chi connectivity index (χ2n) is 3.46. The van der Waals surface area contributed by atoms with Gasteiger partial charge in [0, 0.05) is 14.6 Å². The van der Waals surface area contributed by atoms with E-state index in [2.05, 4.69) is 38.3 Å². The highest BCUT2D eigenvalue weighted by molar-refractivity contribution is 9.10. The summed E-state index contributed by atoms with van der Waals surface area (Å²) in [5.74, 6) is 0. The molecule has 2 heterocycles. The zero-order valence-corrected chi connectivity index (χ0v) is 10.6. The van der Waals surface area contributed by atoms with Crippen LogP contribution >= 0.6 is 27.3 Å². The zero-order chi connectivity index (χ0) is 11.1. The van der Waals surface area contributed by atoms with Crippen molar-refractivity contribution < 1.29 is 0 Å². The van der Waals surface area contributed by atoms with E-state index in [1.165, 1.54) is 10.1 Å². The minimum absolute atomic E-state index is 0.683. The van der Waals surface area contributed by atoms with Gasteiger partial charge in [-0.2, -0.15) is 5.10 Å². The van der Waals surface area contributed by atoms with Crippen LogP contribution in [0.2, 0.25) is 0 Å². The van der Waals surface area contributed by atoms with Crippen LogP contribution in [0.3, 0.4) is 0 Å². The normalized spacial score (nSPS) is 11.1. The first-order valence-corrected chi connectivity index (χ1v) is 6.34. The molecule has 5 heteroatoms. The average Bonchev–Trinajstić information content (AvgIpc) is 2.84. The molecule has 0 bridgehead atoms. The molecule has 2 aromatic heterocycles. The van der Waals surface area contributed by atoms with Crippen molar-refractivity contribution in [2.24, 2.45) is 0 Å². The van der Waals surface area contributed by atoms with Gasteiger partial charge in [-0.15, -0.1) is 11.3 Å². The lowest BCUT2D eigenvalue weighted by atomic mass is 10.2. The monoisotopic (exact) mass is 293 g/mol. The third-order valence-electron chi connectivity index (χ3n) is 2.42. The number of benzene rings is 1. The number of thiophene rings is 1. The van der Waals surface area contributed by atoms with Crippen LogP contribution in [-0.2, 0) is 0 Å². The lowest BCUT2D eigenvalue weighted by Gasteiger charge is -1.91. The third-order valence-corrected chi connectivity index (χ3v) is 4.23. The molecular weight excluding hydrogens is 286 g/mol. The van der Waals surface area contributed by atoms with E-state index in [1.807, 2.05) is 12.1 Å². The smallest absolute Gasteiger partial charge is 0.0980 e. The van der Waals surface area contributed by atoms with Gasteiger partial charge < -0.3 is 5.73 Å². The summed E-state index contributed by atoms with van der Waals surface area (Å²) >= 11 is 5.24. The minimum atomic E-state index is 0.683. The fraction of sp³-hybridized carbons (Fsp3) is 0. The number of fused-ring (bicyclic) bond motifs is 1. The number of hydrogen-bond acceptors (Lipinski definition) is 3. The van der Waals surface area contributed by atoms with Crippen LogP contribution in [0.15, 0.2) is 34.9 Å². The molecule has 0 radical (unpaired) electrons. The maximum absolute atomic E-state index is 5.83. The van der Waals surface area contributed by atoms with E-state index in [1.54, 1.807) is 17.5 Å². The number of nitrogens with one attached hydrogen (secondary N) is 1. The van der Waals surface area contributed by atoms with Crippen LogP contribution in [0.1, 0.15) is 0 Å². The predicted molar refractivity (Wildman–Crippen MR) is 71.5 cm³/mol. The SMILES string of the molecule is Nc1cn[nH]c1-c1cc2c(Br)cccc2s1. The van der Waals surface area contributed by atoms with E-state index in [0.29, 0.717) is 5.69 Å². The van der Waals surface area contributed by atoms with Crippen molar-refractivity contribution in [3.63, 3.8) is 0 Å². The van der Waals surface area contributed by atoms with Crippen LogP contribution in [0.25, 0.3) is 20.7 Å². The van der Waals surface area contributed by atoms with Crippen molar-refractivity contribution in [1.82, 2.24) is 10.2 Å². The van der Waals surface area contributed by atoms with E-state index in [-0.39, 0.29) is 0 Å². The molecule has 0 amide bonds. The van der Waals surface area contributed by atoms with E-state index < -0.39 is 0 Å². The summed E-state index contributed by atoms with van der Waals surface area (Å²) in [5, 5.41) is 8.06. The number of halogens is 1. The van der Waals surface area contributed by atoms with E-state index in [0.717, 1.165) is 15.0 Å². The van der Waals surface area contributed by atoms with E-state index in [4.69, 9.17) is 5.73 Å².